The highest BCUT2D eigenvalue weighted by Gasteiger charge is 2.35. The SMILES string of the molecule is CCOC(=O)CS(=O)(=O)c1cc(-c2nn(C)c(C(F)(F)F)cc2=O)c(F)cc1Cl. The lowest BCUT2D eigenvalue weighted by atomic mass is 10.1. The number of aromatic nitrogens is 2. The number of sulfone groups is 1. The fraction of sp³-hybridized carbons (Fsp3) is 0.312. The van der Waals surface area contributed by atoms with E-state index in [-0.39, 0.29) is 12.7 Å². The molecule has 1 aromatic heterocycles. The average molecular weight is 457 g/mol. The number of alkyl halides is 3. The number of aryl methyl sites for hydroxylation is 1. The molecule has 1 aromatic carbocycles. The Morgan fingerprint density at radius 1 is 1.28 bits per heavy atom. The lowest BCUT2D eigenvalue weighted by Gasteiger charge is -2.13. The van der Waals surface area contributed by atoms with Crippen LogP contribution in [-0.2, 0) is 32.6 Å². The van der Waals surface area contributed by atoms with Crippen LogP contribution in [0, 0.1) is 5.82 Å². The third-order valence-electron chi connectivity index (χ3n) is 3.62. The topological polar surface area (TPSA) is 95.3 Å². The molecule has 0 atom stereocenters. The summed E-state index contributed by atoms with van der Waals surface area (Å²) in [4.78, 5) is 22.9. The van der Waals surface area contributed by atoms with Crippen molar-refractivity contribution >= 4 is 27.4 Å². The van der Waals surface area contributed by atoms with Crippen molar-refractivity contribution < 1.29 is 35.5 Å². The lowest BCUT2D eigenvalue weighted by Crippen LogP contribution is -2.23. The van der Waals surface area contributed by atoms with Crippen LogP contribution < -0.4 is 5.43 Å². The Kier molecular flexibility index (Phi) is 6.38. The van der Waals surface area contributed by atoms with Crippen LogP contribution >= 0.6 is 11.6 Å². The Balaban J connectivity index is 2.65. The molecule has 0 saturated carbocycles. The Morgan fingerprint density at radius 2 is 1.90 bits per heavy atom. The van der Waals surface area contributed by atoms with Crippen LogP contribution in [0.3, 0.4) is 0 Å². The Morgan fingerprint density at radius 3 is 2.45 bits per heavy atom. The van der Waals surface area contributed by atoms with Gasteiger partial charge in [-0.05, 0) is 19.1 Å². The van der Waals surface area contributed by atoms with Crippen LogP contribution in [0.4, 0.5) is 17.6 Å². The minimum Gasteiger partial charge on any atom is -0.465 e. The molecule has 2 rings (SSSR count). The molecule has 0 amide bonds. The van der Waals surface area contributed by atoms with E-state index in [1.165, 1.54) is 6.92 Å². The van der Waals surface area contributed by atoms with Gasteiger partial charge in [0.15, 0.2) is 15.6 Å². The van der Waals surface area contributed by atoms with Gasteiger partial charge in [-0.15, -0.1) is 0 Å². The Hall–Kier alpha value is -2.47. The number of hydrogen-bond acceptors (Lipinski definition) is 6. The molecule has 1 heterocycles. The van der Waals surface area contributed by atoms with Gasteiger partial charge in [0.25, 0.3) is 0 Å². The minimum absolute atomic E-state index is 0.0811. The maximum atomic E-state index is 14.4. The van der Waals surface area contributed by atoms with Crippen LogP contribution in [0.1, 0.15) is 12.6 Å². The van der Waals surface area contributed by atoms with Crippen molar-refractivity contribution in [2.45, 2.75) is 18.0 Å². The number of esters is 1. The summed E-state index contributed by atoms with van der Waals surface area (Å²) in [6.45, 7) is 1.38. The van der Waals surface area contributed by atoms with Crippen molar-refractivity contribution in [3.8, 4) is 11.3 Å². The molecule has 0 bridgehead atoms. The molecule has 0 aliphatic carbocycles. The van der Waals surface area contributed by atoms with E-state index in [0.717, 1.165) is 7.05 Å². The second-order valence-corrected chi connectivity index (χ2v) is 8.06. The van der Waals surface area contributed by atoms with E-state index < -0.39 is 65.9 Å². The summed E-state index contributed by atoms with van der Waals surface area (Å²) in [5, 5.41) is 2.84. The van der Waals surface area contributed by atoms with Gasteiger partial charge in [0.1, 0.15) is 17.2 Å². The standard InChI is InChI=1S/C16H13ClF4N2O5S/c1-3-28-14(25)7-29(26,27)12-4-8(10(18)5-9(12)17)15-11(24)6-13(16(19,20)21)23(2)22-15/h4-6H,3,7H2,1-2H3. The van der Waals surface area contributed by atoms with Crippen LogP contribution in [0.15, 0.2) is 27.9 Å². The number of hydrogen-bond donors (Lipinski definition) is 0. The van der Waals surface area contributed by atoms with Crippen LogP contribution in [0.5, 0.6) is 0 Å². The Bertz CT molecular complexity index is 1130. The number of carbonyl (C=O) groups excluding carboxylic acids is 1. The zero-order chi connectivity index (χ0) is 22.1. The van der Waals surface area contributed by atoms with E-state index in [9.17, 15) is 35.6 Å². The van der Waals surface area contributed by atoms with E-state index in [1.54, 1.807) is 0 Å². The summed E-state index contributed by atoms with van der Waals surface area (Å²) in [5.74, 6) is -3.38. The molecule has 7 nitrogen and oxygen atoms in total. The number of nitrogens with zero attached hydrogens (tertiary/aromatic N) is 2. The largest absolute Gasteiger partial charge is 0.465 e. The molecule has 29 heavy (non-hydrogen) atoms. The van der Waals surface area contributed by atoms with Crippen molar-refractivity contribution in [2.75, 3.05) is 12.4 Å². The van der Waals surface area contributed by atoms with Crippen molar-refractivity contribution in [2.24, 2.45) is 7.05 Å². The molecule has 0 aliphatic rings. The third-order valence-corrected chi connectivity index (χ3v) is 5.66. The molecule has 0 radical (unpaired) electrons. The summed E-state index contributed by atoms with van der Waals surface area (Å²) in [5.41, 5.74) is -4.12. The van der Waals surface area contributed by atoms with E-state index in [2.05, 4.69) is 9.84 Å². The Labute approximate surface area is 166 Å². The van der Waals surface area contributed by atoms with E-state index in [1.807, 2.05) is 0 Å². The highest BCUT2D eigenvalue weighted by Crippen LogP contribution is 2.31. The first-order valence-electron chi connectivity index (χ1n) is 7.81. The highest BCUT2D eigenvalue weighted by molar-refractivity contribution is 7.92. The minimum atomic E-state index is -4.88. The van der Waals surface area contributed by atoms with Gasteiger partial charge < -0.3 is 4.74 Å². The van der Waals surface area contributed by atoms with E-state index in [0.29, 0.717) is 16.8 Å². The lowest BCUT2D eigenvalue weighted by molar-refractivity contribution is -0.144. The van der Waals surface area contributed by atoms with Gasteiger partial charge in [-0.1, -0.05) is 11.6 Å². The first-order valence-corrected chi connectivity index (χ1v) is 9.84. The molecule has 0 aliphatic heterocycles. The number of carbonyl (C=O) groups is 1. The predicted octanol–water partition coefficient (Wildman–Crippen LogP) is 2.60. The molecule has 0 spiro atoms. The van der Waals surface area contributed by atoms with Crippen LogP contribution in [0.2, 0.25) is 5.02 Å². The normalized spacial score (nSPS) is 12.1. The van der Waals surface area contributed by atoms with Crippen molar-refractivity contribution in [1.29, 1.82) is 0 Å². The number of rotatable bonds is 5. The molecule has 0 unspecified atom stereocenters. The molecular formula is C16H13ClF4N2O5S. The van der Waals surface area contributed by atoms with Crippen molar-refractivity contribution in [1.82, 2.24) is 9.78 Å². The highest BCUT2D eigenvalue weighted by atomic mass is 35.5. The van der Waals surface area contributed by atoms with Gasteiger partial charge in [0.05, 0.1) is 16.5 Å². The summed E-state index contributed by atoms with van der Waals surface area (Å²) in [7, 11) is -3.52. The van der Waals surface area contributed by atoms with Gasteiger partial charge >= 0.3 is 12.1 Å². The number of benzene rings is 1. The van der Waals surface area contributed by atoms with Gasteiger partial charge in [-0.3, -0.25) is 14.3 Å². The second kappa shape index (κ2) is 8.11. The van der Waals surface area contributed by atoms with Gasteiger partial charge in [0, 0.05) is 18.7 Å². The monoisotopic (exact) mass is 456 g/mol. The average Bonchev–Trinajstić information content (AvgIpc) is 2.55. The zero-order valence-electron chi connectivity index (χ0n) is 14.9. The summed E-state index contributed by atoms with van der Waals surface area (Å²) in [6, 6.07) is 1.42. The first kappa shape index (κ1) is 22.8. The summed E-state index contributed by atoms with van der Waals surface area (Å²) in [6.07, 6.45) is -4.88. The van der Waals surface area contributed by atoms with Crippen LogP contribution in [-0.4, -0.2) is 36.5 Å². The first-order chi connectivity index (χ1) is 13.3. The quantitative estimate of drug-likeness (QED) is 0.390. The maximum absolute atomic E-state index is 14.4. The van der Waals surface area contributed by atoms with Crippen LogP contribution in [0.25, 0.3) is 11.3 Å². The zero-order valence-corrected chi connectivity index (χ0v) is 16.5. The fourth-order valence-electron chi connectivity index (χ4n) is 2.38. The molecule has 158 valence electrons. The van der Waals surface area contributed by atoms with Gasteiger partial charge in [-0.25, -0.2) is 12.8 Å². The number of ether oxygens (including phenoxy) is 1. The molecular weight excluding hydrogens is 444 g/mol. The smallest absolute Gasteiger partial charge is 0.433 e. The summed E-state index contributed by atoms with van der Waals surface area (Å²) < 4.78 is 82.7. The molecule has 0 fully saturated rings. The number of halogens is 5. The summed E-state index contributed by atoms with van der Waals surface area (Å²) >= 11 is 5.77. The van der Waals surface area contributed by atoms with Gasteiger partial charge in [-0.2, -0.15) is 18.3 Å². The van der Waals surface area contributed by atoms with Gasteiger partial charge in [0.2, 0.25) is 5.43 Å². The van der Waals surface area contributed by atoms with Crippen molar-refractivity contribution in [3.63, 3.8) is 0 Å². The molecule has 2 aromatic rings. The molecule has 0 N–H and O–H groups in total. The second-order valence-electron chi connectivity index (χ2n) is 5.69. The van der Waals surface area contributed by atoms with E-state index >= 15 is 0 Å². The van der Waals surface area contributed by atoms with Crippen molar-refractivity contribution in [3.05, 3.63) is 45.0 Å². The molecule has 0 saturated heterocycles. The predicted molar refractivity (Wildman–Crippen MR) is 93.6 cm³/mol. The maximum Gasteiger partial charge on any atom is 0.433 e. The fourth-order valence-corrected chi connectivity index (χ4v) is 4.08. The molecule has 13 heteroatoms. The van der Waals surface area contributed by atoms with E-state index in [4.69, 9.17) is 11.6 Å². The third kappa shape index (κ3) is 4.93.